The Bertz CT molecular complexity index is 690. The van der Waals surface area contributed by atoms with Gasteiger partial charge >= 0.3 is 0 Å². The summed E-state index contributed by atoms with van der Waals surface area (Å²) < 4.78 is 1.55. The number of nitrogens with zero attached hydrogens (tertiary/aromatic N) is 2. The SMILES string of the molecule is Cn1cc(C(C)(O)CNC(=O)c2c(O)cc(Cl)cc2Cl)cn1. The van der Waals surface area contributed by atoms with Crippen molar-refractivity contribution < 1.29 is 15.0 Å². The lowest BCUT2D eigenvalue weighted by Crippen LogP contribution is -2.38. The van der Waals surface area contributed by atoms with Crippen LogP contribution in [0.15, 0.2) is 24.5 Å². The van der Waals surface area contributed by atoms with E-state index in [1.165, 1.54) is 18.3 Å². The molecule has 0 saturated carbocycles. The predicted molar refractivity (Wildman–Crippen MR) is 83.2 cm³/mol. The van der Waals surface area contributed by atoms with Crippen LogP contribution in [0.1, 0.15) is 22.8 Å². The van der Waals surface area contributed by atoms with Crippen LogP contribution in [0.25, 0.3) is 0 Å². The molecule has 1 heterocycles. The second kappa shape index (κ2) is 6.16. The van der Waals surface area contributed by atoms with Gasteiger partial charge in [0.15, 0.2) is 0 Å². The van der Waals surface area contributed by atoms with Crippen molar-refractivity contribution in [2.24, 2.45) is 7.05 Å². The fraction of sp³-hybridized carbons (Fsp3) is 0.286. The predicted octanol–water partition coefficient (Wildman–Crippen LogP) is 2.07. The smallest absolute Gasteiger partial charge is 0.256 e. The molecule has 3 N–H and O–H groups in total. The van der Waals surface area contributed by atoms with Crippen LogP contribution in [-0.2, 0) is 12.6 Å². The number of rotatable bonds is 4. The summed E-state index contributed by atoms with van der Waals surface area (Å²) in [5, 5.41) is 26.9. The number of phenols is 1. The maximum absolute atomic E-state index is 12.2. The molecule has 8 heteroatoms. The topological polar surface area (TPSA) is 87.4 Å². The van der Waals surface area contributed by atoms with Crippen molar-refractivity contribution in [3.05, 3.63) is 45.7 Å². The van der Waals surface area contributed by atoms with Crippen molar-refractivity contribution in [2.75, 3.05) is 6.54 Å². The molecule has 1 amide bonds. The number of aliphatic hydroxyl groups is 1. The Balaban J connectivity index is 2.13. The number of aromatic nitrogens is 2. The van der Waals surface area contributed by atoms with Crippen molar-refractivity contribution in [1.29, 1.82) is 0 Å². The molecular weight excluding hydrogens is 329 g/mol. The lowest BCUT2D eigenvalue weighted by Gasteiger charge is -2.22. The number of phenolic OH excluding ortho intramolecular Hbond substituents is 1. The van der Waals surface area contributed by atoms with Crippen LogP contribution in [0, 0.1) is 0 Å². The molecule has 1 aromatic heterocycles. The lowest BCUT2D eigenvalue weighted by atomic mass is 9.99. The molecule has 0 aliphatic heterocycles. The summed E-state index contributed by atoms with van der Waals surface area (Å²) in [5.41, 5.74) is -0.840. The van der Waals surface area contributed by atoms with Gasteiger partial charge in [0.25, 0.3) is 5.91 Å². The van der Waals surface area contributed by atoms with Crippen molar-refractivity contribution in [3.8, 4) is 5.75 Å². The zero-order chi connectivity index (χ0) is 16.5. The van der Waals surface area contributed by atoms with Crippen LogP contribution < -0.4 is 5.32 Å². The van der Waals surface area contributed by atoms with Gasteiger partial charge in [0.2, 0.25) is 0 Å². The van der Waals surface area contributed by atoms with E-state index in [1.807, 2.05) is 0 Å². The molecule has 0 spiro atoms. The van der Waals surface area contributed by atoms with Crippen molar-refractivity contribution in [2.45, 2.75) is 12.5 Å². The van der Waals surface area contributed by atoms with E-state index in [1.54, 1.807) is 24.9 Å². The third-order valence-electron chi connectivity index (χ3n) is 3.18. The van der Waals surface area contributed by atoms with Crippen LogP contribution in [0.3, 0.4) is 0 Å². The first-order valence-corrected chi connectivity index (χ1v) is 7.14. The summed E-state index contributed by atoms with van der Waals surface area (Å²) in [6, 6.07) is 2.58. The molecule has 2 aromatic rings. The number of aryl methyl sites for hydroxylation is 1. The highest BCUT2D eigenvalue weighted by atomic mass is 35.5. The summed E-state index contributed by atoms with van der Waals surface area (Å²) >= 11 is 11.7. The van der Waals surface area contributed by atoms with Gasteiger partial charge in [-0.15, -0.1) is 0 Å². The largest absolute Gasteiger partial charge is 0.507 e. The van der Waals surface area contributed by atoms with Gasteiger partial charge in [-0.1, -0.05) is 23.2 Å². The van der Waals surface area contributed by atoms with E-state index in [0.29, 0.717) is 5.56 Å². The third kappa shape index (κ3) is 3.52. The summed E-state index contributed by atoms with van der Waals surface area (Å²) in [6.45, 7) is 1.48. The minimum atomic E-state index is -1.31. The highest BCUT2D eigenvalue weighted by molar-refractivity contribution is 6.37. The zero-order valence-electron chi connectivity index (χ0n) is 12.0. The first-order valence-electron chi connectivity index (χ1n) is 6.38. The lowest BCUT2D eigenvalue weighted by molar-refractivity contribution is 0.0525. The number of benzene rings is 1. The molecule has 0 saturated heterocycles. The number of amides is 1. The Morgan fingerprint density at radius 1 is 1.45 bits per heavy atom. The molecule has 1 atom stereocenters. The molecule has 2 rings (SSSR count). The number of carbonyl (C=O) groups excluding carboxylic acids is 1. The van der Waals surface area contributed by atoms with Crippen molar-refractivity contribution >= 4 is 29.1 Å². The first-order chi connectivity index (χ1) is 10.2. The highest BCUT2D eigenvalue weighted by Crippen LogP contribution is 2.30. The van der Waals surface area contributed by atoms with Gasteiger partial charge in [0.1, 0.15) is 11.4 Å². The van der Waals surface area contributed by atoms with Crippen LogP contribution in [0.4, 0.5) is 0 Å². The molecule has 1 aromatic carbocycles. The molecular formula is C14H15Cl2N3O3. The zero-order valence-corrected chi connectivity index (χ0v) is 13.5. The van der Waals surface area contributed by atoms with Crippen LogP contribution >= 0.6 is 23.2 Å². The maximum atomic E-state index is 12.2. The highest BCUT2D eigenvalue weighted by Gasteiger charge is 2.26. The number of hydrogen-bond acceptors (Lipinski definition) is 4. The van der Waals surface area contributed by atoms with Gasteiger partial charge in [-0.2, -0.15) is 5.10 Å². The monoisotopic (exact) mass is 343 g/mol. The average molecular weight is 344 g/mol. The summed E-state index contributed by atoms with van der Waals surface area (Å²) in [7, 11) is 1.73. The van der Waals surface area contributed by atoms with Crippen molar-refractivity contribution in [3.63, 3.8) is 0 Å². The van der Waals surface area contributed by atoms with Gasteiger partial charge in [-0.25, -0.2) is 0 Å². The van der Waals surface area contributed by atoms with E-state index in [2.05, 4.69) is 10.4 Å². The number of aromatic hydroxyl groups is 1. The Kier molecular flexibility index (Phi) is 4.65. The Morgan fingerprint density at radius 2 is 2.14 bits per heavy atom. The fourth-order valence-electron chi connectivity index (χ4n) is 1.93. The Morgan fingerprint density at radius 3 is 2.68 bits per heavy atom. The number of hydrogen-bond donors (Lipinski definition) is 3. The standard InChI is InChI=1S/C14H15Cl2N3O3/c1-14(22,8-5-18-19(2)6-8)7-17-13(21)12-10(16)3-9(15)4-11(12)20/h3-6,20,22H,7H2,1-2H3,(H,17,21). The van der Waals surface area contributed by atoms with E-state index in [4.69, 9.17) is 23.2 Å². The molecule has 0 bridgehead atoms. The van der Waals surface area contributed by atoms with Crippen molar-refractivity contribution in [1.82, 2.24) is 15.1 Å². The molecule has 22 heavy (non-hydrogen) atoms. The quantitative estimate of drug-likeness (QED) is 0.792. The number of nitrogens with one attached hydrogen (secondary N) is 1. The molecule has 6 nitrogen and oxygen atoms in total. The summed E-state index contributed by atoms with van der Waals surface area (Å²) in [4.78, 5) is 12.2. The first kappa shape index (κ1) is 16.6. The maximum Gasteiger partial charge on any atom is 0.256 e. The third-order valence-corrected chi connectivity index (χ3v) is 3.70. The minimum absolute atomic E-state index is 0.0310. The second-order valence-electron chi connectivity index (χ2n) is 5.14. The van der Waals surface area contributed by atoms with Gasteiger partial charge in [0, 0.05) is 23.8 Å². The van der Waals surface area contributed by atoms with Crippen LogP contribution in [0.5, 0.6) is 5.75 Å². The van der Waals surface area contributed by atoms with Crippen LogP contribution in [0.2, 0.25) is 10.0 Å². The molecule has 1 unspecified atom stereocenters. The molecule has 0 fully saturated rings. The minimum Gasteiger partial charge on any atom is -0.507 e. The van der Waals surface area contributed by atoms with E-state index < -0.39 is 11.5 Å². The van der Waals surface area contributed by atoms with Gasteiger partial charge < -0.3 is 15.5 Å². The van der Waals surface area contributed by atoms with E-state index in [-0.39, 0.29) is 27.9 Å². The number of halogens is 2. The second-order valence-corrected chi connectivity index (χ2v) is 5.98. The number of carbonyl (C=O) groups is 1. The summed E-state index contributed by atoms with van der Waals surface area (Å²) in [5.74, 6) is -0.931. The molecule has 0 aliphatic carbocycles. The molecule has 0 radical (unpaired) electrons. The average Bonchev–Trinajstić information content (AvgIpc) is 2.83. The molecule has 118 valence electrons. The van der Waals surface area contributed by atoms with E-state index in [9.17, 15) is 15.0 Å². The summed E-state index contributed by atoms with van der Waals surface area (Å²) in [6.07, 6.45) is 3.16. The Labute approximate surface area is 137 Å². The van der Waals surface area contributed by atoms with Crippen LogP contribution in [-0.4, -0.2) is 32.4 Å². The van der Waals surface area contributed by atoms with Gasteiger partial charge in [-0.05, 0) is 19.1 Å². The normalized spacial score (nSPS) is 13.7. The fourth-order valence-corrected chi connectivity index (χ4v) is 2.50. The van der Waals surface area contributed by atoms with Gasteiger partial charge in [0.05, 0.1) is 23.3 Å². The van der Waals surface area contributed by atoms with E-state index in [0.717, 1.165) is 0 Å². The van der Waals surface area contributed by atoms with E-state index >= 15 is 0 Å². The molecule has 0 aliphatic rings. The van der Waals surface area contributed by atoms with Gasteiger partial charge in [-0.3, -0.25) is 9.48 Å². The Hall–Kier alpha value is -1.76.